The van der Waals surface area contributed by atoms with Crippen molar-refractivity contribution in [2.45, 2.75) is 32.9 Å². The third kappa shape index (κ3) is 4.36. The molecule has 0 aliphatic heterocycles. The Bertz CT molecular complexity index is 1030. The van der Waals surface area contributed by atoms with Crippen LogP contribution >= 0.6 is 0 Å². The number of pyridine rings is 1. The number of halogens is 2. The number of carbonyl (C=O) groups excluding carboxylic acids is 1. The molecule has 3 aromatic rings. The Morgan fingerprint density at radius 1 is 1.21 bits per heavy atom. The van der Waals surface area contributed by atoms with Gasteiger partial charge in [0.15, 0.2) is 5.65 Å². The van der Waals surface area contributed by atoms with Crippen molar-refractivity contribution in [3.8, 4) is 0 Å². The number of amides is 1. The van der Waals surface area contributed by atoms with Crippen LogP contribution in [0.4, 0.5) is 14.5 Å². The van der Waals surface area contributed by atoms with Gasteiger partial charge in [0, 0.05) is 6.20 Å². The molecule has 0 saturated carbocycles. The maximum Gasteiger partial charge on any atom is 0.350 e. The number of nitrogens with zero attached hydrogens (tertiary/aromatic N) is 3. The van der Waals surface area contributed by atoms with Crippen LogP contribution in [0.3, 0.4) is 0 Å². The summed E-state index contributed by atoms with van der Waals surface area (Å²) in [4.78, 5) is 24.8. The summed E-state index contributed by atoms with van der Waals surface area (Å²) in [6, 6.07) is 10.6. The van der Waals surface area contributed by atoms with Gasteiger partial charge in [0.05, 0.1) is 18.3 Å². The summed E-state index contributed by atoms with van der Waals surface area (Å²) in [6.07, 6.45) is -1.07. The highest BCUT2D eigenvalue weighted by molar-refractivity contribution is 5.76. The van der Waals surface area contributed by atoms with Gasteiger partial charge in [-0.2, -0.15) is 0 Å². The van der Waals surface area contributed by atoms with Crippen LogP contribution in [0.15, 0.2) is 47.4 Å². The van der Waals surface area contributed by atoms with Gasteiger partial charge in [-0.3, -0.25) is 4.79 Å². The normalized spacial score (nSPS) is 12.3. The Hall–Kier alpha value is -3.23. The van der Waals surface area contributed by atoms with Crippen LogP contribution in [0.1, 0.15) is 24.1 Å². The number of carbonyl (C=O) groups is 1. The summed E-state index contributed by atoms with van der Waals surface area (Å²) in [5.41, 5.74) is 2.03. The molecule has 0 aliphatic rings. The van der Waals surface area contributed by atoms with Gasteiger partial charge < -0.3 is 10.6 Å². The molecule has 0 spiro atoms. The topological polar surface area (TPSA) is 80.4 Å². The van der Waals surface area contributed by atoms with Crippen molar-refractivity contribution < 1.29 is 13.6 Å². The maximum absolute atomic E-state index is 12.5. The number of hydrogen-bond acceptors (Lipinski definition) is 4. The lowest BCUT2D eigenvalue weighted by molar-refractivity contribution is -0.122. The van der Waals surface area contributed by atoms with Gasteiger partial charge >= 0.3 is 5.69 Å². The second-order valence-corrected chi connectivity index (χ2v) is 6.53. The first-order valence-corrected chi connectivity index (χ1v) is 8.81. The Morgan fingerprint density at radius 3 is 2.61 bits per heavy atom. The van der Waals surface area contributed by atoms with E-state index >= 15 is 0 Å². The van der Waals surface area contributed by atoms with Crippen molar-refractivity contribution >= 4 is 17.2 Å². The van der Waals surface area contributed by atoms with Crippen LogP contribution in [0, 0.1) is 6.92 Å². The lowest BCUT2D eigenvalue weighted by Crippen LogP contribution is -2.34. The van der Waals surface area contributed by atoms with E-state index in [1.807, 2.05) is 38.1 Å². The molecule has 1 atom stereocenters. The van der Waals surface area contributed by atoms with Crippen LogP contribution < -0.4 is 16.3 Å². The van der Waals surface area contributed by atoms with Crippen LogP contribution in [0.25, 0.3) is 5.65 Å². The van der Waals surface area contributed by atoms with Crippen molar-refractivity contribution in [1.82, 2.24) is 19.5 Å². The first-order chi connectivity index (χ1) is 13.3. The van der Waals surface area contributed by atoms with Gasteiger partial charge in [-0.1, -0.05) is 29.8 Å². The third-order valence-electron chi connectivity index (χ3n) is 4.30. The number of rotatable bonds is 7. The average molecular weight is 389 g/mol. The van der Waals surface area contributed by atoms with Gasteiger partial charge in [-0.25, -0.2) is 22.7 Å². The Kier molecular flexibility index (Phi) is 5.72. The largest absolute Gasteiger partial charge is 0.376 e. The van der Waals surface area contributed by atoms with E-state index in [-0.39, 0.29) is 24.1 Å². The van der Waals surface area contributed by atoms with Crippen LogP contribution in [-0.2, 0) is 11.3 Å². The molecule has 2 N–H and O–H groups in total. The molecule has 0 unspecified atom stereocenters. The molecule has 2 aromatic heterocycles. The zero-order valence-electron chi connectivity index (χ0n) is 15.5. The zero-order valence-corrected chi connectivity index (χ0v) is 15.5. The van der Waals surface area contributed by atoms with Crippen molar-refractivity contribution in [1.29, 1.82) is 0 Å². The summed E-state index contributed by atoms with van der Waals surface area (Å²) in [5.74, 6) is -0.374. The Balaban J connectivity index is 1.75. The molecule has 0 bridgehead atoms. The molecular formula is C19H21F2N5O2. The van der Waals surface area contributed by atoms with Crippen LogP contribution in [0.5, 0.6) is 0 Å². The van der Waals surface area contributed by atoms with Gasteiger partial charge in [0.2, 0.25) is 5.91 Å². The number of nitrogens with one attached hydrogen (secondary N) is 2. The number of hydrogen-bond donors (Lipinski definition) is 2. The lowest BCUT2D eigenvalue weighted by Gasteiger charge is -2.14. The van der Waals surface area contributed by atoms with Crippen molar-refractivity contribution in [2.75, 3.05) is 11.9 Å². The predicted octanol–water partition coefficient (Wildman–Crippen LogP) is 2.36. The first kappa shape index (κ1) is 19.5. The molecule has 2 heterocycles. The Morgan fingerprint density at radius 2 is 1.93 bits per heavy atom. The highest BCUT2D eigenvalue weighted by Crippen LogP contribution is 2.14. The molecule has 0 radical (unpaired) electrons. The fraction of sp³-hybridized carbons (Fsp3) is 0.316. The average Bonchev–Trinajstić information content (AvgIpc) is 2.96. The number of anilines is 1. The molecular weight excluding hydrogens is 368 g/mol. The minimum absolute atomic E-state index is 0.188. The fourth-order valence-electron chi connectivity index (χ4n) is 2.83. The minimum Gasteiger partial charge on any atom is -0.376 e. The highest BCUT2D eigenvalue weighted by Gasteiger charge is 2.15. The number of aromatic nitrogens is 3. The standard InChI is InChI=1S/C19H21F2N5O2/c1-12-5-7-14(8-6-12)13(2)23-17(27)11-26-19(28)25-9-3-4-15(18(25)24-26)22-10-16(20)21/h3-9,13,16,22H,10-11H2,1-2H3,(H,23,27)/t13-/m0/s1. The van der Waals surface area contributed by atoms with E-state index in [2.05, 4.69) is 15.7 Å². The summed E-state index contributed by atoms with van der Waals surface area (Å²) < 4.78 is 27.1. The molecule has 7 nitrogen and oxygen atoms in total. The van der Waals surface area contributed by atoms with E-state index in [0.29, 0.717) is 5.69 Å². The molecule has 0 fully saturated rings. The van der Waals surface area contributed by atoms with Crippen molar-refractivity contribution in [3.05, 3.63) is 64.2 Å². The van der Waals surface area contributed by atoms with E-state index in [1.54, 1.807) is 12.1 Å². The van der Waals surface area contributed by atoms with Gasteiger partial charge in [0.1, 0.15) is 6.54 Å². The highest BCUT2D eigenvalue weighted by atomic mass is 19.3. The third-order valence-corrected chi connectivity index (χ3v) is 4.30. The van der Waals surface area contributed by atoms with Crippen molar-refractivity contribution in [2.24, 2.45) is 0 Å². The molecule has 148 valence electrons. The summed E-state index contributed by atoms with van der Waals surface area (Å²) in [6.45, 7) is 2.99. The van der Waals surface area contributed by atoms with E-state index in [9.17, 15) is 18.4 Å². The van der Waals surface area contributed by atoms with Gasteiger partial charge in [-0.05, 0) is 31.5 Å². The van der Waals surface area contributed by atoms with E-state index < -0.39 is 18.7 Å². The molecule has 1 aromatic carbocycles. The Labute approximate surface area is 160 Å². The summed E-state index contributed by atoms with van der Waals surface area (Å²) >= 11 is 0. The SMILES string of the molecule is Cc1ccc([C@H](C)NC(=O)Cn2nc3c(NCC(F)F)cccn3c2=O)cc1. The molecule has 1 amide bonds. The van der Waals surface area contributed by atoms with E-state index in [0.717, 1.165) is 15.8 Å². The number of benzene rings is 1. The maximum atomic E-state index is 12.5. The molecule has 0 saturated heterocycles. The summed E-state index contributed by atoms with van der Waals surface area (Å²) in [5, 5.41) is 9.50. The monoisotopic (exact) mass is 389 g/mol. The van der Waals surface area contributed by atoms with Gasteiger partial charge in [-0.15, -0.1) is 5.10 Å². The number of alkyl halides is 2. The molecule has 28 heavy (non-hydrogen) atoms. The van der Waals surface area contributed by atoms with Crippen LogP contribution in [0.2, 0.25) is 0 Å². The summed E-state index contributed by atoms with van der Waals surface area (Å²) in [7, 11) is 0. The lowest BCUT2D eigenvalue weighted by atomic mass is 10.1. The second kappa shape index (κ2) is 8.20. The fourth-order valence-corrected chi connectivity index (χ4v) is 2.83. The quantitative estimate of drug-likeness (QED) is 0.650. The zero-order chi connectivity index (χ0) is 20.3. The van der Waals surface area contributed by atoms with Crippen LogP contribution in [-0.4, -0.2) is 33.1 Å². The van der Waals surface area contributed by atoms with Crippen molar-refractivity contribution in [3.63, 3.8) is 0 Å². The van der Waals surface area contributed by atoms with Gasteiger partial charge in [0.25, 0.3) is 6.43 Å². The smallest absolute Gasteiger partial charge is 0.350 e. The molecule has 9 heteroatoms. The molecule has 0 aliphatic carbocycles. The van der Waals surface area contributed by atoms with E-state index in [1.165, 1.54) is 10.6 Å². The minimum atomic E-state index is -2.54. The molecule has 3 rings (SSSR count). The second-order valence-electron chi connectivity index (χ2n) is 6.53. The van der Waals surface area contributed by atoms with E-state index in [4.69, 9.17) is 0 Å². The first-order valence-electron chi connectivity index (χ1n) is 8.81. The number of fused-ring (bicyclic) bond motifs is 1. The predicted molar refractivity (Wildman–Crippen MR) is 102 cm³/mol. The number of aryl methyl sites for hydroxylation is 1.